The Morgan fingerprint density at radius 3 is 2.20 bits per heavy atom. The van der Waals surface area contributed by atoms with Crippen molar-refractivity contribution < 1.29 is 24.2 Å². The van der Waals surface area contributed by atoms with Gasteiger partial charge in [0.25, 0.3) is 0 Å². The molecule has 5 aliphatic rings. The van der Waals surface area contributed by atoms with Gasteiger partial charge in [0.1, 0.15) is 6.10 Å². The smallest absolute Gasteiger partial charge is 0.311 e. The molecule has 9 unspecified atom stereocenters. The largest absolute Gasteiger partial charge is 0.481 e. The van der Waals surface area contributed by atoms with E-state index in [1.54, 1.807) is 0 Å². The second kappa shape index (κ2) is 9.18. The zero-order chi connectivity index (χ0) is 30.6. The average molecular weight is 569 g/mol. The molecule has 0 heterocycles. The number of hydrogen-bond donors (Lipinski definition) is 1. The summed E-state index contributed by atoms with van der Waals surface area (Å²) >= 11 is 0. The molecule has 0 spiro atoms. The highest BCUT2D eigenvalue weighted by atomic mass is 16.5. The SMILES string of the molecule is CCC(C)(C)C(=O)OC1CCC2(C)C(CCC3(C)C2C(=O)C=C2C4CC(C)(C(=O)O)CCC4(C)CCC23C)C1(C)C. The summed E-state index contributed by atoms with van der Waals surface area (Å²) in [6.45, 7) is 21.9. The number of carboxylic acid groups (broad SMARTS) is 1. The average Bonchev–Trinajstić information content (AvgIpc) is 2.87. The van der Waals surface area contributed by atoms with E-state index in [9.17, 15) is 19.5 Å². The van der Waals surface area contributed by atoms with Gasteiger partial charge in [-0.2, -0.15) is 0 Å². The Morgan fingerprint density at radius 1 is 0.951 bits per heavy atom. The highest BCUT2D eigenvalue weighted by molar-refractivity contribution is 5.95. The van der Waals surface area contributed by atoms with Crippen LogP contribution in [0.2, 0.25) is 0 Å². The first kappa shape index (κ1) is 30.8. The molecule has 0 aromatic heterocycles. The fraction of sp³-hybridized carbons (Fsp3) is 0.861. The molecule has 41 heavy (non-hydrogen) atoms. The second-order valence-electron chi connectivity index (χ2n) is 17.5. The van der Waals surface area contributed by atoms with Crippen molar-refractivity contribution in [2.24, 2.45) is 55.7 Å². The first-order valence-electron chi connectivity index (χ1n) is 16.4. The Balaban J connectivity index is 1.52. The number of allylic oxidation sites excluding steroid dienone is 2. The molecule has 0 aliphatic heterocycles. The van der Waals surface area contributed by atoms with Gasteiger partial charge in [-0.25, -0.2) is 0 Å². The number of carbonyl (C=O) groups is 3. The van der Waals surface area contributed by atoms with Crippen molar-refractivity contribution in [3.05, 3.63) is 11.6 Å². The zero-order valence-corrected chi connectivity index (χ0v) is 27.5. The van der Waals surface area contributed by atoms with Crippen LogP contribution in [-0.2, 0) is 19.1 Å². The van der Waals surface area contributed by atoms with E-state index in [-0.39, 0.29) is 62.7 Å². The minimum Gasteiger partial charge on any atom is -0.481 e. The van der Waals surface area contributed by atoms with Crippen LogP contribution in [0.15, 0.2) is 11.6 Å². The van der Waals surface area contributed by atoms with E-state index in [4.69, 9.17) is 4.74 Å². The quantitative estimate of drug-likeness (QED) is 0.344. The van der Waals surface area contributed by atoms with E-state index in [1.165, 1.54) is 5.57 Å². The number of aliphatic carboxylic acids is 1. The van der Waals surface area contributed by atoms with Gasteiger partial charge in [0.15, 0.2) is 5.78 Å². The third-order valence-electron chi connectivity index (χ3n) is 14.7. The molecule has 0 saturated heterocycles. The molecule has 4 saturated carbocycles. The maximum atomic E-state index is 14.5. The molecule has 4 fully saturated rings. The molecule has 5 aliphatic carbocycles. The topological polar surface area (TPSA) is 80.7 Å². The van der Waals surface area contributed by atoms with Crippen LogP contribution in [0, 0.1) is 55.7 Å². The third-order valence-corrected chi connectivity index (χ3v) is 14.7. The second-order valence-corrected chi connectivity index (χ2v) is 17.5. The van der Waals surface area contributed by atoms with Gasteiger partial charge in [-0.1, -0.05) is 54.0 Å². The Kier molecular flexibility index (Phi) is 6.89. The van der Waals surface area contributed by atoms with Crippen LogP contribution in [-0.4, -0.2) is 28.9 Å². The molecule has 0 bridgehead atoms. The Morgan fingerprint density at radius 2 is 1.59 bits per heavy atom. The summed E-state index contributed by atoms with van der Waals surface area (Å²) in [6.07, 6.45) is 10.7. The molecule has 0 amide bonds. The Hall–Kier alpha value is -1.65. The molecule has 230 valence electrons. The van der Waals surface area contributed by atoms with Gasteiger partial charge in [0.05, 0.1) is 10.8 Å². The van der Waals surface area contributed by atoms with Crippen molar-refractivity contribution in [1.29, 1.82) is 0 Å². The summed E-state index contributed by atoms with van der Waals surface area (Å²) in [5, 5.41) is 10.2. The van der Waals surface area contributed by atoms with Gasteiger partial charge in [-0.3, -0.25) is 14.4 Å². The predicted molar refractivity (Wildman–Crippen MR) is 161 cm³/mol. The Bertz CT molecular complexity index is 1180. The molecular weight excluding hydrogens is 512 g/mol. The number of esters is 1. The maximum Gasteiger partial charge on any atom is 0.311 e. The van der Waals surface area contributed by atoms with E-state index < -0.39 is 16.8 Å². The van der Waals surface area contributed by atoms with Crippen LogP contribution in [0.25, 0.3) is 0 Å². The minimum atomic E-state index is -0.736. The van der Waals surface area contributed by atoms with Crippen molar-refractivity contribution >= 4 is 17.7 Å². The maximum absolute atomic E-state index is 14.5. The highest BCUT2D eigenvalue weighted by Gasteiger charge is 2.70. The third kappa shape index (κ3) is 4.09. The number of hydrogen-bond acceptors (Lipinski definition) is 4. The van der Waals surface area contributed by atoms with Crippen LogP contribution in [0.5, 0.6) is 0 Å². The predicted octanol–water partition coefficient (Wildman–Crippen LogP) is 8.40. The van der Waals surface area contributed by atoms with Gasteiger partial charge in [0, 0.05) is 11.3 Å². The lowest BCUT2D eigenvalue weighted by Crippen LogP contribution is -2.66. The van der Waals surface area contributed by atoms with Gasteiger partial charge in [0.2, 0.25) is 0 Å². The lowest BCUT2D eigenvalue weighted by molar-refractivity contribution is -0.214. The van der Waals surface area contributed by atoms with E-state index in [0.717, 1.165) is 51.4 Å². The van der Waals surface area contributed by atoms with Crippen molar-refractivity contribution in [1.82, 2.24) is 0 Å². The van der Waals surface area contributed by atoms with E-state index in [1.807, 2.05) is 33.8 Å². The summed E-state index contributed by atoms with van der Waals surface area (Å²) in [6, 6.07) is 0. The van der Waals surface area contributed by atoms with Crippen LogP contribution >= 0.6 is 0 Å². The van der Waals surface area contributed by atoms with Gasteiger partial charge >= 0.3 is 11.9 Å². The van der Waals surface area contributed by atoms with Crippen LogP contribution in [0.3, 0.4) is 0 Å². The van der Waals surface area contributed by atoms with E-state index >= 15 is 0 Å². The first-order chi connectivity index (χ1) is 18.7. The first-order valence-corrected chi connectivity index (χ1v) is 16.4. The summed E-state index contributed by atoms with van der Waals surface area (Å²) in [5.74, 6) is -0.208. The molecule has 9 atom stereocenters. The molecule has 5 rings (SSSR count). The minimum absolute atomic E-state index is 0.0566. The van der Waals surface area contributed by atoms with Crippen molar-refractivity contribution in [3.63, 3.8) is 0 Å². The lowest BCUT2D eigenvalue weighted by atomic mass is 9.33. The van der Waals surface area contributed by atoms with Crippen molar-refractivity contribution in [2.45, 2.75) is 140 Å². The normalized spacial score (nSPS) is 47.2. The number of carbonyl (C=O) groups excluding carboxylic acids is 2. The van der Waals surface area contributed by atoms with Crippen molar-refractivity contribution in [2.75, 3.05) is 0 Å². The summed E-state index contributed by atoms with van der Waals surface area (Å²) in [4.78, 5) is 40.0. The summed E-state index contributed by atoms with van der Waals surface area (Å²) < 4.78 is 6.28. The molecule has 5 heteroatoms. The fourth-order valence-corrected chi connectivity index (χ4v) is 11.0. The number of ketones is 1. The number of fused-ring (bicyclic) bond motifs is 7. The zero-order valence-electron chi connectivity index (χ0n) is 27.5. The monoisotopic (exact) mass is 568 g/mol. The number of ether oxygens (including phenoxy) is 1. The highest BCUT2D eigenvalue weighted by Crippen LogP contribution is 2.75. The standard InChI is InChI=1S/C36H56O5/c1-11-30(2,3)29(40)41-26-13-14-34(8)25(31(26,4)5)12-15-36(10)27(34)24(37)20-22-23-21-33(7,28(38)39)17-16-32(23,6)18-19-35(22,36)9/h20,23,25-27H,11-19,21H2,1-10H3,(H,38,39). The van der Waals surface area contributed by atoms with Crippen molar-refractivity contribution in [3.8, 4) is 0 Å². The summed E-state index contributed by atoms with van der Waals surface area (Å²) in [7, 11) is 0. The molecule has 0 aromatic rings. The van der Waals surface area contributed by atoms with Crippen LogP contribution in [0.4, 0.5) is 0 Å². The Labute approximate surface area is 248 Å². The summed E-state index contributed by atoms with van der Waals surface area (Å²) in [5.41, 5.74) is -0.626. The van der Waals surface area contributed by atoms with E-state index in [2.05, 4.69) is 41.5 Å². The van der Waals surface area contributed by atoms with Crippen LogP contribution < -0.4 is 0 Å². The molecule has 0 aromatic carbocycles. The van der Waals surface area contributed by atoms with Gasteiger partial charge in [-0.15, -0.1) is 0 Å². The van der Waals surface area contributed by atoms with E-state index in [0.29, 0.717) is 12.8 Å². The molecular formula is C36H56O5. The lowest BCUT2D eigenvalue weighted by Gasteiger charge is -2.70. The molecule has 5 nitrogen and oxygen atoms in total. The molecule has 1 N–H and O–H groups in total. The number of rotatable bonds is 4. The number of carboxylic acids is 1. The van der Waals surface area contributed by atoms with Gasteiger partial charge < -0.3 is 9.84 Å². The van der Waals surface area contributed by atoms with Crippen LogP contribution in [0.1, 0.15) is 133 Å². The van der Waals surface area contributed by atoms with Gasteiger partial charge in [-0.05, 0) is 125 Å². The fourth-order valence-electron chi connectivity index (χ4n) is 11.0. The molecule has 0 radical (unpaired) electrons.